The smallest absolute Gasteiger partial charge is 0.169 e. The van der Waals surface area contributed by atoms with Gasteiger partial charge in [-0.15, -0.1) is 0 Å². The third-order valence-electron chi connectivity index (χ3n) is 3.40. The van der Waals surface area contributed by atoms with Crippen molar-refractivity contribution >= 4 is 28.7 Å². The number of allylic oxidation sites excluding steroid dienone is 1. The lowest BCUT2D eigenvalue weighted by Crippen LogP contribution is -2.09. The number of nitrogen functional groups attached to an aromatic ring is 2. The van der Waals surface area contributed by atoms with E-state index in [1.54, 1.807) is 0 Å². The number of nitrogens with one attached hydrogen (secondary N) is 1. The lowest BCUT2D eigenvalue weighted by Gasteiger charge is -2.15. The molecular weight excluding hydrogens is 265 g/mol. The number of rotatable bonds is 4. The Morgan fingerprint density at radius 3 is 2.74 bits per heavy atom. The van der Waals surface area contributed by atoms with Crippen LogP contribution in [0.3, 0.4) is 0 Å². The van der Waals surface area contributed by atoms with Gasteiger partial charge in [-0.25, -0.2) is 4.39 Å². The molecule has 0 bridgehead atoms. The number of anilines is 3. The van der Waals surface area contributed by atoms with E-state index >= 15 is 0 Å². The Hall–Kier alpha value is -1.42. The Bertz CT molecular complexity index is 500. The summed E-state index contributed by atoms with van der Waals surface area (Å²) < 4.78 is 13.9. The number of hydrogen-bond acceptors (Lipinski definition) is 3. The molecule has 0 saturated carbocycles. The van der Waals surface area contributed by atoms with Gasteiger partial charge in [0.25, 0.3) is 0 Å². The van der Waals surface area contributed by atoms with Gasteiger partial charge in [-0.05, 0) is 38.2 Å². The molecule has 5 N–H and O–H groups in total. The number of hydrogen-bond donors (Lipinski definition) is 3. The maximum atomic E-state index is 13.9. The topological polar surface area (TPSA) is 64.1 Å². The first kappa shape index (κ1) is 14.0. The summed E-state index contributed by atoms with van der Waals surface area (Å²) in [6.07, 6.45) is 7.99. The summed E-state index contributed by atoms with van der Waals surface area (Å²) in [6, 6.07) is 1.48. The molecule has 0 unspecified atom stereocenters. The van der Waals surface area contributed by atoms with E-state index in [9.17, 15) is 4.39 Å². The molecule has 5 heteroatoms. The predicted molar refractivity (Wildman–Crippen MR) is 79.9 cm³/mol. The maximum Gasteiger partial charge on any atom is 0.169 e. The van der Waals surface area contributed by atoms with Crippen LogP contribution in [-0.2, 0) is 0 Å². The van der Waals surface area contributed by atoms with Crippen molar-refractivity contribution in [3.05, 3.63) is 28.6 Å². The van der Waals surface area contributed by atoms with Gasteiger partial charge in [-0.2, -0.15) is 0 Å². The maximum absolute atomic E-state index is 13.9. The highest BCUT2D eigenvalue weighted by atomic mass is 35.5. The highest BCUT2D eigenvalue weighted by Crippen LogP contribution is 2.33. The van der Waals surface area contributed by atoms with E-state index < -0.39 is 5.82 Å². The number of benzene rings is 1. The molecule has 3 nitrogen and oxygen atoms in total. The summed E-state index contributed by atoms with van der Waals surface area (Å²) in [4.78, 5) is 0. The van der Waals surface area contributed by atoms with E-state index in [4.69, 9.17) is 23.1 Å². The average molecular weight is 284 g/mol. The molecule has 0 spiro atoms. The molecule has 19 heavy (non-hydrogen) atoms. The fourth-order valence-corrected chi connectivity index (χ4v) is 2.47. The van der Waals surface area contributed by atoms with Crippen LogP contribution in [0.25, 0.3) is 0 Å². The van der Waals surface area contributed by atoms with Crippen molar-refractivity contribution in [1.82, 2.24) is 0 Å². The van der Waals surface area contributed by atoms with Gasteiger partial charge < -0.3 is 16.8 Å². The zero-order valence-corrected chi connectivity index (χ0v) is 11.6. The van der Waals surface area contributed by atoms with Crippen LogP contribution in [-0.4, -0.2) is 6.54 Å². The molecule has 0 fully saturated rings. The Morgan fingerprint density at radius 1 is 1.26 bits per heavy atom. The zero-order chi connectivity index (χ0) is 13.8. The Kier molecular flexibility index (Phi) is 4.53. The molecule has 0 amide bonds. The van der Waals surface area contributed by atoms with Gasteiger partial charge in [0, 0.05) is 6.54 Å². The lowest BCUT2D eigenvalue weighted by atomic mass is 9.97. The molecule has 0 aliphatic heterocycles. The van der Waals surface area contributed by atoms with E-state index in [1.165, 1.54) is 24.5 Å². The third kappa shape index (κ3) is 3.32. The van der Waals surface area contributed by atoms with Crippen LogP contribution < -0.4 is 16.8 Å². The fourth-order valence-electron chi connectivity index (χ4n) is 2.33. The normalized spacial score (nSPS) is 15.2. The molecule has 1 aromatic rings. The largest absolute Gasteiger partial charge is 0.397 e. The van der Waals surface area contributed by atoms with Crippen LogP contribution in [0.2, 0.25) is 5.02 Å². The first-order valence-electron chi connectivity index (χ1n) is 6.54. The second-order valence-corrected chi connectivity index (χ2v) is 5.22. The standard InChI is InChI=1S/C14H19ClFN3/c15-12-10(17)8-11(18)14(13(12)16)19-7-6-9-4-2-1-3-5-9/h4,8,19H,1-3,5-7,17-18H2. The molecule has 1 aromatic carbocycles. The molecule has 1 aliphatic rings. The zero-order valence-electron chi connectivity index (χ0n) is 10.8. The third-order valence-corrected chi connectivity index (χ3v) is 3.78. The van der Waals surface area contributed by atoms with E-state index in [1.807, 2.05) is 0 Å². The molecule has 0 radical (unpaired) electrons. The lowest BCUT2D eigenvalue weighted by molar-refractivity contribution is 0.631. The minimum atomic E-state index is -0.572. The second-order valence-electron chi connectivity index (χ2n) is 4.84. The molecule has 0 aromatic heterocycles. The molecule has 0 saturated heterocycles. The summed E-state index contributed by atoms with van der Waals surface area (Å²) in [5, 5.41) is 2.94. The summed E-state index contributed by atoms with van der Waals surface area (Å²) in [7, 11) is 0. The number of nitrogens with two attached hydrogens (primary N) is 2. The van der Waals surface area contributed by atoms with E-state index in [2.05, 4.69) is 11.4 Å². The van der Waals surface area contributed by atoms with E-state index in [0.717, 1.165) is 19.3 Å². The molecule has 2 rings (SSSR count). The Labute approximate surface area is 117 Å². The SMILES string of the molecule is Nc1cc(N)c(NCCC2=CCCCC2)c(F)c1Cl. The van der Waals surface area contributed by atoms with Gasteiger partial charge in [0.1, 0.15) is 5.02 Å². The minimum absolute atomic E-state index is 0.0754. The fraction of sp³-hybridized carbons (Fsp3) is 0.429. The van der Waals surface area contributed by atoms with Crippen molar-refractivity contribution < 1.29 is 4.39 Å². The Balaban J connectivity index is 1.99. The van der Waals surface area contributed by atoms with Crippen LogP contribution in [0.15, 0.2) is 17.7 Å². The van der Waals surface area contributed by atoms with Crippen molar-refractivity contribution in [2.75, 3.05) is 23.3 Å². The molecule has 1 aliphatic carbocycles. The molecular formula is C14H19ClFN3. The molecule has 0 heterocycles. The van der Waals surface area contributed by atoms with E-state index in [0.29, 0.717) is 6.54 Å². The van der Waals surface area contributed by atoms with Crippen LogP contribution >= 0.6 is 11.6 Å². The van der Waals surface area contributed by atoms with Crippen LogP contribution in [0.1, 0.15) is 32.1 Å². The molecule has 0 atom stereocenters. The van der Waals surface area contributed by atoms with Gasteiger partial charge in [0.2, 0.25) is 0 Å². The summed E-state index contributed by atoms with van der Waals surface area (Å²) in [5.41, 5.74) is 13.4. The summed E-state index contributed by atoms with van der Waals surface area (Å²) >= 11 is 5.78. The summed E-state index contributed by atoms with van der Waals surface area (Å²) in [5.74, 6) is -0.572. The van der Waals surface area contributed by atoms with Gasteiger partial charge in [-0.3, -0.25) is 0 Å². The predicted octanol–water partition coefficient (Wildman–Crippen LogP) is 3.95. The van der Waals surface area contributed by atoms with Gasteiger partial charge in [0.15, 0.2) is 5.82 Å². The van der Waals surface area contributed by atoms with Crippen molar-refractivity contribution in [2.24, 2.45) is 0 Å². The van der Waals surface area contributed by atoms with Gasteiger partial charge in [-0.1, -0.05) is 23.3 Å². The first-order valence-corrected chi connectivity index (χ1v) is 6.92. The van der Waals surface area contributed by atoms with Crippen molar-refractivity contribution in [3.63, 3.8) is 0 Å². The molecule has 104 valence electrons. The van der Waals surface area contributed by atoms with Gasteiger partial charge >= 0.3 is 0 Å². The van der Waals surface area contributed by atoms with Crippen molar-refractivity contribution in [1.29, 1.82) is 0 Å². The number of halogens is 2. The van der Waals surface area contributed by atoms with Crippen LogP contribution in [0, 0.1) is 5.82 Å². The average Bonchev–Trinajstić information content (AvgIpc) is 2.41. The van der Waals surface area contributed by atoms with Crippen molar-refractivity contribution in [3.8, 4) is 0 Å². The van der Waals surface area contributed by atoms with Crippen LogP contribution in [0.5, 0.6) is 0 Å². The minimum Gasteiger partial charge on any atom is -0.397 e. The summed E-state index contributed by atoms with van der Waals surface area (Å²) in [6.45, 7) is 0.646. The van der Waals surface area contributed by atoms with Crippen molar-refractivity contribution in [2.45, 2.75) is 32.1 Å². The van der Waals surface area contributed by atoms with Gasteiger partial charge in [0.05, 0.1) is 17.1 Å². The monoisotopic (exact) mass is 283 g/mol. The highest BCUT2D eigenvalue weighted by Gasteiger charge is 2.14. The second kappa shape index (κ2) is 6.15. The van der Waals surface area contributed by atoms with E-state index in [-0.39, 0.29) is 22.1 Å². The highest BCUT2D eigenvalue weighted by molar-refractivity contribution is 6.33. The quantitative estimate of drug-likeness (QED) is 0.579. The van der Waals surface area contributed by atoms with Crippen LogP contribution in [0.4, 0.5) is 21.5 Å². The Morgan fingerprint density at radius 2 is 2.05 bits per heavy atom. The first-order chi connectivity index (χ1) is 9.09.